The fraction of sp³-hybridized carbons (Fsp3) is 0.438. The van der Waals surface area contributed by atoms with Gasteiger partial charge in [0.05, 0.1) is 25.5 Å². The Bertz CT molecular complexity index is 494. The molecule has 21 heavy (non-hydrogen) atoms. The van der Waals surface area contributed by atoms with Crippen LogP contribution in [0.2, 0.25) is 0 Å². The van der Waals surface area contributed by atoms with Gasteiger partial charge in [-0.05, 0) is 6.42 Å². The molecule has 1 aromatic rings. The van der Waals surface area contributed by atoms with Crippen molar-refractivity contribution in [2.24, 2.45) is 5.73 Å². The maximum Gasteiger partial charge on any atom is 0.286 e. The fourth-order valence-corrected chi connectivity index (χ4v) is 2.30. The van der Waals surface area contributed by atoms with Gasteiger partial charge in [0.25, 0.3) is 5.91 Å². The molecule has 1 heterocycles. The molecule has 0 aromatic heterocycles. The summed E-state index contributed by atoms with van der Waals surface area (Å²) in [5.41, 5.74) is 7.24. The van der Waals surface area contributed by atoms with Gasteiger partial charge in [-0.25, -0.2) is 0 Å². The number of ether oxygens (including phenoxy) is 2. The summed E-state index contributed by atoms with van der Waals surface area (Å²) in [4.78, 5) is 13.9. The quantitative estimate of drug-likeness (QED) is 0.638. The van der Waals surface area contributed by atoms with Crippen LogP contribution in [0.5, 0.6) is 0 Å². The number of nitrogens with zero attached hydrogens (tertiary/aromatic N) is 1. The molecule has 5 nitrogen and oxygen atoms in total. The van der Waals surface area contributed by atoms with Crippen molar-refractivity contribution in [3.63, 3.8) is 0 Å². The first-order chi connectivity index (χ1) is 10.2. The first-order valence-electron chi connectivity index (χ1n) is 7.29. The minimum Gasteiger partial charge on any atom is -0.486 e. The second-order valence-corrected chi connectivity index (χ2v) is 4.86. The number of hydrogen-bond acceptors (Lipinski definition) is 4. The van der Waals surface area contributed by atoms with Crippen LogP contribution in [0.4, 0.5) is 0 Å². The molecule has 1 amide bonds. The van der Waals surface area contributed by atoms with Crippen LogP contribution >= 0.6 is 0 Å². The van der Waals surface area contributed by atoms with Crippen molar-refractivity contribution in [3.05, 3.63) is 41.7 Å². The van der Waals surface area contributed by atoms with Gasteiger partial charge in [-0.3, -0.25) is 4.79 Å². The van der Waals surface area contributed by atoms with E-state index in [-0.39, 0.29) is 5.76 Å². The lowest BCUT2D eigenvalue weighted by molar-refractivity contribution is -0.117. The fourth-order valence-electron chi connectivity index (χ4n) is 2.30. The molecule has 0 spiro atoms. The van der Waals surface area contributed by atoms with Crippen LogP contribution in [0.3, 0.4) is 0 Å². The second kappa shape index (κ2) is 7.69. The van der Waals surface area contributed by atoms with Crippen molar-refractivity contribution in [2.75, 3.05) is 32.9 Å². The van der Waals surface area contributed by atoms with Crippen LogP contribution in [0.15, 0.2) is 36.1 Å². The molecular weight excluding hydrogens is 268 g/mol. The molecule has 0 radical (unpaired) electrons. The van der Waals surface area contributed by atoms with Crippen molar-refractivity contribution in [1.82, 2.24) is 4.90 Å². The Kier molecular flexibility index (Phi) is 5.63. The third kappa shape index (κ3) is 3.98. The number of hydrogen-bond donors (Lipinski definition) is 1. The Morgan fingerprint density at radius 1 is 1.29 bits per heavy atom. The topological polar surface area (TPSA) is 64.8 Å². The summed E-state index contributed by atoms with van der Waals surface area (Å²) in [5, 5.41) is 0. The van der Waals surface area contributed by atoms with E-state index in [1.807, 2.05) is 37.3 Å². The SMILES string of the molecule is CCCOC(C(N)=O)=C(c1ccccc1)N1CCOCC1. The average molecular weight is 290 g/mol. The molecule has 0 saturated carbocycles. The molecule has 0 atom stereocenters. The van der Waals surface area contributed by atoms with Gasteiger partial charge in [0.2, 0.25) is 5.76 Å². The Balaban J connectivity index is 2.43. The number of benzene rings is 1. The summed E-state index contributed by atoms with van der Waals surface area (Å²) < 4.78 is 11.0. The lowest BCUT2D eigenvalue weighted by Crippen LogP contribution is -2.37. The van der Waals surface area contributed by atoms with Crippen LogP contribution in [0, 0.1) is 0 Å². The molecule has 2 N–H and O–H groups in total. The molecule has 0 bridgehead atoms. The van der Waals surface area contributed by atoms with Gasteiger partial charge in [0.15, 0.2) is 0 Å². The summed E-state index contributed by atoms with van der Waals surface area (Å²) >= 11 is 0. The molecule has 1 saturated heterocycles. The van der Waals surface area contributed by atoms with Gasteiger partial charge >= 0.3 is 0 Å². The van der Waals surface area contributed by atoms with E-state index >= 15 is 0 Å². The van der Waals surface area contributed by atoms with Crippen LogP contribution in [0.25, 0.3) is 5.70 Å². The van der Waals surface area contributed by atoms with Crippen molar-refractivity contribution in [1.29, 1.82) is 0 Å². The van der Waals surface area contributed by atoms with Gasteiger partial charge in [-0.15, -0.1) is 0 Å². The molecule has 1 aliphatic rings. The number of carbonyl (C=O) groups is 1. The van der Waals surface area contributed by atoms with E-state index in [1.165, 1.54) is 0 Å². The Labute approximate surface area is 125 Å². The zero-order valence-electron chi connectivity index (χ0n) is 12.4. The summed E-state index contributed by atoms with van der Waals surface area (Å²) in [6, 6.07) is 9.74. The number of rotatable bonds is 6. The standard InChI is InChI=1S/C16H22N2O3/c1-2-10-21-15(16(17)19)14(13-6-4-3-5-7-13)18-8-11-20-12-9-18/h3-7H,2,8-12H2,1H3,(H2,17,19). The van der Waals surface area contributed by atoms with E-state index in [9.17, 15) is 4.79 Å². The minimum absolute atomic E-state index is 0.241. The van der Waals surface area contributed by atoms with E-state index in [4.69, 9.17) is 15.2 Å². The summed E-state index contributed by atoms with van der Waals surface area (Å²) in [5.74, 6) is -0.293. The monoisotopic (exact) mass is 290 g/mol. The summed E-state index contributed by atoms with van der Waals surface area (Å²) in [7, 11) is 0. The first-order valence-corrected chi connectivity index (χ1v) is 7.29. The molecule has 1 aromatic carbocycles. The van der Waals surface area contributed by atoms with Crippen LogP contribution in [-0.2, 0) is 14.3 Å². The highest BCUT2D eigenvalue weighted by atomic mass is 16.5. The van der Waals surface area contributed by atoms with E-state index in [0.29, 0.717) is 19.8 Å². The molecule has 1 fully saturated rings. The average Bonchev–Trinajstić information content (AvgIpc) is 2.53. The van der Waals surface area contributed by atoms with Gasteiger partial charge in [0.1, 0.15) is 0 Å². The van der Waals surface area contributed by atoms with E-state index < -0.39 is 5.91 Å². The number of primary amides is 1. The second-order valence-electron chi connectivity index (χ2n) is 4.86. The number of amides is 1. The van der Waals surface area contributed by atoms with Crippen LogP contribution in [-0.4, -0.2) is 43.7 Å². The molecule has 114 valence electrons. The molecule has 2 rings (SSSR count). The molecular formula is C16H22N2O3. The van der Waals surface area contributed by atoms with E-state index in [2.05, 4.69) is 4.90 Å². The first kappa shape index (κ1) is 15.4. The van der Waals surface area contributed by atoms with Crippen LogP contribution < -0.4 is 5.73 Å². The highest BCUT2D eigenvalue weighted by Gasteiger charge is 2.23. The molecule has 1 aliphatic heterocycles. The third-order valence-corrected chi connectivity index (χ3v) is 3.26. The number of carbonyl (C=O) groups excluding carboxylic acids is 1. The molecule has 0 aliphatic carbocycles. The van der Waals surface area contributed by atoms with Crippen molar-refractivity contribution in [3.8, 4) is 0 Å². The van der Waals surface area contributed by atoms with Crippen molar-refractivity contribution >= 4 is 11.6 Å². The Hall–Kier alpha value is -2.01. The number of nitrogens with two attached hydrogens (primary N) is 1. The van der Waals surface area contributed by atoms with Crippen LogP contribution in [0.1, 0.15) is 18.9 Å². The zero-order valence-corrected chi connectivity index (χ0v) is 12.4. The van der Waals surface area contributed by atoms with E-state index in [1.54, 1.807) is 0 Å². The molecule has 5 heteroatoms. The van der Waals surface area contributed by atoms with Gasteiger partial charge in [-0.2, -0.15) is 0 Å². The normalized spacial score (nSPS) is 16.3. The zero-order chi connectivity index (χ0) is 15.1. The highest BCUT2D eigenvalue weighted by Crippen LogP contribution is 2.25. The molecule has 0 unspecified atom stereocenters. The Morgan fingerprint density at radius 3 is 2.52 bits per heavy atom. The number of morpholine rings is 1. The summed E-state index contributed by atoms with van der Waals surface area (Å²) in [6.07, 6.45) is 0.821. The van der Waals surface area contributed by atoms with Crippen molar-refractivity contribution < 1.29 is 14.3 Å². The lowest BCUT2D eigenvalue weighted by atomic mass is 10.1. The van der Waals surface area contributed by atoms with Gasteiger partial charge in [-0.1, -0.05) is 37.3 Å². The maximum absolute atomic E-state index is 11.8. The minimum atomic E-state index is -0.534. The highest BCUT2D eigenvalue weighted by molar-refractivity contribution is 5.97. The van der Waals surface area contributed by atoms with Gasteiger partial charge < -0.3 is 20.1 Å². The predicted octanol–water partition coefficient (Wildman–Crippen LogP) is 1.60. The van der Waals surface area contributed by atoms with E-state index in [0.717, 1.165) is 30.8 Å². The maximum atomic E-state index is 11.8. The van der Waals surface area contributed by atoms with Crippen molar-refractivity contribution in [2.45, 2.75) is 13.3 Å². The predicted molar refractivity (Wildman–Crippen MR) is 81.2 cm³/mol. The summed E-state index contributed by atoms with van der Waals surface area (Å²) in [6.45, 7) is 5.17. The Morgan fingerprint density at radius 2 is 1.95 bits per heavy atom. The third-order valence-electron chi connectivity index (χ3n) is 3.26. The largest absolute Gasteiger partial charge is 0.486 e. The van der Waals surface area contributed by atoms with Gasteiger partial charge in [0, 0.05) is 18.7 Å². The smallest absolute Gasteiger partial charge is 0.286 e. The lowest BCUT2D eigenvalue weighted by Gasteiger charge is -2.32.